The Morgan fingerprint density at radius 1 is 1.04 bits per heavy atom. The number of carbonyl (C=O) groups is 1. The van der Waals surface area contributed by atoms with Crippen LogP contribution in [0.15, 0.2) is 18.7 Å². The van der Waals surface area contributed by atoms with Crippen LogP contribution in [0.4, 0.5) is 31.1 Å². The molecule has 9 nitrogen and oxygen atoms in total. The monoisotopic (exact) mass is 449 g/mol. The van der Waals surface area contributed by atoms with Crippen LogP contribution in [-0.2, 0) is 31.3 Å². The first-order valence-corrected chi connectivity index (χ1v) is 9.47. The molecule has 0 aliphatic rings. The van der Waals surface area contributed by atoms with Gasteiger partial charge >= 0.3 is 17.1 Å². The molecule has 27 heavy (non-hydrogen) atoms. The summed E-state index contributed by atoms with van der Waals surface area (Å²) in [4.78, 5) is 11.1. The van der Waals surface area contributed by atoms with E-state index in [9.17, 15) is 48.0 Å². The lowest BCUT2D eigenvalue weighted by atomic mass is 10.7. The number of hydrogen-bond donors (Lipinski definition) is 0. The topological polar surface area (TPSA) is 117 Å². The van der Waals surface area contributed by atoms with Gasteiger partial charge in [-0.25, -0.2) is 21.4 Å². The van der Waals surface area contributed by atoms with Crippen LogP contribution in [0.3, 0.4) is 0 Å². The van der Waals surface area contributed by atoms with Gasteiger partial charge in [-0.3, -0.25) is 0 Å². The summed E-state index contributed by atoms with van der Waals surface area (Å²) in [7, 11) is -13.4. The second-order valence-corrected chi connectivity index (χ2v) is 7.69. The molecule has 0 spiro atoms. The Labute approximate surface area is 149 Å². The summed E-state index contributed by atoms with van der Waals surface area (Å²) in [6, 6.07) is 0. The fourth-order valence-corrected chi connectivity index (χ4v) is 2.81. The minimum atomic E-state index is -6.72. The molecule has 0 aliphatic heterocycles. The van der Waals surface area contributed by atoms with Crippen LogP contribution in [0.2, 0.25) is 0 Å². The lowest BCUT2D eigenvalue weighted by Crippen LogP contribution is -2.30. The molecule has 0 saturated heterocycles. The lowest BCUT2D eigenvalue weighted by Gasteiger charge is -2.22. The second-order valence-electron chi connectivity index (χ2n) is 4.27. The van der Waals surface area contributed by atoms with E-state index in [4.69, 9.17) is 4.74 Å². The Hall–Kier alpha value is -1.88. The summed E-state index contributed by atoms with van der Waals surface area (Å²) in [5.74, 6) is 0. The van der Waals surface area contributed by atoms with Gasteiger partial charge in [0.25, 0.3) is 6.33 Å². The Morgan fingerprint density at radius 3 is 1.78 bits per heavy atom. The molecule has 0 bridgehead atoms. The molecule has 0 atom stereocenters. The molecule has 0 fully saturated rings. The van der Waals surface area contributed by atoms with Crippen molar-refractivity contribution >= 4 is 26.1 Å². The normalized spacial score (nSPS) is 12.9. The number of halogens is 6. The molecule has 1 aromatic heterocycles. The second kappa shape index (κ2) is 8.87. The highest BCUT2D eigenvalue weighted by atomic mass is 32.3. The third-order valence-corrected chi connectivity index (χ3v) is 5.06. The average molecular weight is 449 g/mol. The van der Waals surface area contributed by atoms with E-state index in [0.29, 0.717) is 6.61 Å². The molecule has 158 valence electrons. The molecule has 1 heterocycles. The summed E-state index contributed by atoms with van der Waals surface area (Å²) in [5, 5.41) is 0. The van der Waals surface area contributed by atoms with Gasteiger partial charge in [-0.1, -0.05) is 0 Å². The molecule has 0 saturated carbocycles. The molecule has 17 heteroatoms. The minimum Gasteiger partial charge on any atom is -0.431 e. The zero-order valence-corrected chi connectivity index (χ0v) is 15.2. The number of imidazole rings is 1. The van der Waals surface area contributed by atoms with Crippen molar-refractivity contribution in [2.24, 2.45) is 0 Å². The van der Waals surface area contributed by atoms with E-state index >= 15 is 0 Å². The number of ether oxygens (including phenoxy) is 1. The predicted octanol–water partition coefficient (Wildman–Crippen LogP) is 1.86. The van der Waals surface area contributed by atoms with E-state index in [0.717, 1.165) is 10.7 Å². The quantitative estimate of drug-likeness (QED) is 0.512. The van der Waals surface area contributed by atoms with Crippen molar-refractivity contribution in [2.45, 2.75) is 31.4 Å². The van der Waals surface area contributed by atoms with Crippen LogP contribution < -0.4 is 4.57 Å². The van der Waals surface area contributed by atoms with E-state index in [2.05, 4.69) is 0 Å². The zero-order chi connectivity index (χ0) is 21.7. The lowest BCUT2D eigenvalue weighted by molar-refractivity contribution is -0.692. The van der Waals surface area contributed by atoms with Gasteiger partial charge in [0.1, 0.15) is 12.4 Å². The molecular weight excluding hydrogens is 436 g/mol. The highest BCUT2D eigenvalue weighted by molar-refractivity contribution is 8.13. The summed E-state index contributed by atoms with van der Waals surface area (Å²) in [6.07, 6.45) is 4.89. The number of nitrogens with zero attached hydrogens (tertiary/aromatic N) is 3. The standard InChI is InChI=1S/C8H13N2O2.C2F6NO4S2/c1-3-9-5-6-10(7-9)8(11)12-4-2;3-1(4,5)14(10,11)9-15(12,13)2(6,7)8/h5-7H,3-4H2,1-2H3;/q+1;-1. The van der Waals surface area contributed by atoms with Gasteiger partial charge < -0.3 is 8.86 Å². The molecule has 0 N–H and O–H groups in total. The molecule has 0 amide bonds. The van der Waals surface area contributed by atoms with Crippen molar-refractivity contribution in [1.29, 1.82) is 0 Å². The minimum absolute atomic E-state index is 0.329. The van der Waals surface area contributed by atoms with Crippen molar-refractivity contribution in [3.8, 4) is 0 Å². The molecule has 0 aliphatic carbocycles. The molecule has 0 aromatic carbocycles. The van der Waals surface area contributed by atoms with E-state index in [1.807, 2.05) is 17.7 Å². The van der Waals surface area contributed by atoms with Crippen molar-refractivity contribution in [3.63, 3.8) is 0 Å². The highest BCUT2D eigenvalue weighted by Gasteiger charge is 2.46. The van der Waals surface area contributed by atoms with Gasteiger partial charge in [-0.2, -0.15) is 31.1 Å². The first-order valence-electron chi connectivity index (χ1n) is 6.59. The molecular formula is C10H13F6N3O6S2. The number of aryl methyl sites for hydroxylation is 1. The van der Waals surface area contributed by atoms with Crippen LogP contribution >= 0.6 is 0 Å². The van der Waals surface area contributed by atoms with Crippen molar-refractivity contribution in [2.75, 3.05) is 6.61 Å². The Kier molecular flexibility index (Phi) is 8.25. The fourth-order valence-electron chi connectivity index (χ4n) is 1.10. The number of sulfonamides is 2. The maximum Gasteiger partial charge on any atom is 0.511 e. The molecule has 0 unspecified atom stereocenters. The summed E-state index contributed by atoms with van der Waals surface area (Å²) < 4.78 is 117. The smallest absolute Gasteiger partial charge is 0.431 e. The molecule has 0 radical (unpaired) electrons. The maximum absolute atomic E-state index is 11.4. The van der Waals surface area contributed by atoms with Crippen LogP contribution in [-0.4, -0.2) is 45.1 Å². The SMILES string of the molecule is CCOC(=O)n1cc[n+](CC)c1.O=S(=O)([N-]S(=O)(=O)C(F)(F)F)C(F)(F)F. The van der Waals surface area contributed by atoms with Gasteiger partial charge in [0.05, 0.1) is 13.2 Å². The summed E-state index contributed by atoms with van der Waals surface area (Å²) in [6.45, 7) is 5.06. The largest absolute Gasteiger partial charge is 0.511 e. The number of alkyl halides is 6. The first-order chi connectivity index (χ1) is 12.0. The fraction of sp³-hybridized carbons (Fsp3) is 0.600. The van der Waals surface area contributed by atoms with Crippen LogP contribution in [0, 0.1) is 0 Å². The van der Waals surface area contributed by atoms with E-state index in [1.165, 1.54) is 4.57 Å². The van der Waals surface area contributed by atoms with Crippen molar-refractivity contribution in [1.82, 2.24) is 4.57 Å². The van der Waals surface area contributed by atoms with Gasteiger partial charge in [0.2, 0.25) is 0 Å². The highest BCUT2D eigenvalue weighted by Crippen LogP contribution is 2.36. The predicted molar refractivity (Wildman–Crippen MR) is 76.0 cm³/mol. The Morgan fingerprint density at radius 2 is 1.48 bits per heavy atom. The number of aromatic nitrogens is 2. The molecule has 1 rings (SSSR count). The van der Waals surface area contributed by atoms with Crippen LogP contribution in [0.25, 0.3) is 4.13 Å². The van der Waals surface area contributed by atoms with Crippen molar-refractivity contribution in [3.05, 3.63) is 22.8 Å². The van der Waals surface area contributed by atoms with Gasteiger partial charge in [-0.15, -0.1) is 4.57 Å². The number of carbonyl (C=O) groups excluding carboxylic acids is 1. The third kappa shape index (κ3) is 7.33. The molecule has 1 aromatic rings. The summed E-state index contributed by atoms with van der Waals surface area (Å²) >= 11 is 0. The maximum atomic E-state index is 11.4. The van der Waals surface area contributed by atoms with Crippen LogP contribution in [0.5, 0.6) is 0 Å². The number of rotatable bonds is 4. The number of hydrogen-bond acceptors (Lipinski definition) is 6. The van der Waals surface area contributed by atoms with Crippen LogP contribution in [0.1, 0.15) is 13.8 Å². The Balaban J connectivity index is 0.000000511. The van der Waals surface area contributed by atoms with Gasteiger partial charge in [-0.05, 0) is 13.8 Å². The van der Waals surface area contributed by atoms with E-state index in [-0.39, 0.29) is 6.09 Å². The average Bonchev–Trinajstić information content (AvgIpc) is 2.93. The first kappa shape index (κ1) is 25.1. The summed E-state index contributed by atoms with van der Waals surface area (Å²) in [5.41, 5.74) is -12.4. The van der Waals surface area contributed by atoms with E-state index < -0.39 is 31.1 Å². The zero-order valence-electron chi connectivity index (χ0n) is 13.5. The van der Waals surface area contributed by atoms with Gasteiger partial charge in [0.15, 0.2) is 20.0 Å². The van der Waals surface area contributed by atoms with Gasteiger partial charge in [0, 0.05) is 0 Å². The van der Waals surface area contributed by atoms with E-state index in [1.54, 1.807) is 19.4 Å². The Bertz CT molecular complexity index is 802. The van der Waals surface area contributed by atoms with Crippen molar-refractivity contribution < 1.29 is 57.3 Å². The third-order valence-electron chi connectivity index (χ3n) is 2.32.